The van der Waals surface area contributed by atoms with Crippen LogP contribution in [0.15, 0.2) is 11.6 Å². The van der Waals surface area contributed by atoms with E-state index in [1.807, 2.05) is 0 Å². The molecule has 2 aromatic rings. The van der Waals surface area contributed by atoms with Crippen LogP contribution in [0.5, 0.6) is 0 Å². The van der Waals surface area contributed by atoms with Gasteiger partial charge in [-0.15, -0.1) is 11.3 Å². The third kappa shape index (κ3) is 2.74. The van der Waals surface area contributed by atoms with E-state index in [1.165, 1.54) is 5.69 Å². The number of aromatic nitrogens is 2. The Bertz CT molecular complexity index is 753. The number of nitrogens with zero attached hydrogens (tertiary/aromatic N) is 4. The zero-order valence-electron chi connectivity index (χ0n) is 14.4. The summed E-state index contributed by atoms with van der Waals surface area (Å²) in [4.78, 5) is 22.5. The average molecular weight is 347 g/mol. The predicted octanol–water partition coefficient (Wildman–Crippen LogP) is 1.49. The van der Waals surface area contributed by atoms with Gasteiger partial charge in [-0.2, -0.15) is 0 Å². The summed E-state index contributed by atoms with van der Waals surface area (Å²) in [5.74, 6) is 0.198. The molecule has 0 unspecified atom stereocenters. The smallest absolute Gasteiger partial charge is 0.220 e. The summed E-state index contributed by atoms with van der Waals surface area (Å²) in [5, 5.41) is 5.13. The van der Waals surface area contributed by atoms with Crippen molar-refractivity contribution in [3.63, 3.8) is 0 Å². The lowest BCUT2D eigenvalue weighted by molar-refractivity contribution is -0.121. The van der Waals surface area contributed by atoms with Crippen LogP contribution in [0, 0.1) is 6.92 Å². The van der Waals surface area contributed by atoms with Gasteiger partial charge < -0.3 is 5.32 Å². The fraction of sp³-hybridized carbons (Fsp3) is 0.647. The summed E-state index contributed by atoms with van der Waals surface area (Å²) < 4.78 is 2.23. The van der Waals surface area contributed by atoms with Crippen LogP contribution in [0.2, 0.25) is 0 Å². The molecule has 0 aromatic carbocycles. The van der Waals surface area contributed by atoms with Crippen molar-refractivity contribution in [2.45, 2.75) is 38.3 Å². The maximum atomic E-state index is 11.8. The Hall–Kier alpha value is -1.44. The first-order valence-electron chi connectivity index (χ1n) is 8.69. The van der Waals surface area contributed by atoms with Gasteiger partial charge in [-0.1, -0.05) is 0 Å². The highest BCUT2D eigenvalue weighted by molar-refractivity contribution is 7.15. The minimum absolute atomic E-state index is 0.115. The minimum Gasteiger partial charge on any atom is -0.356 e. The molecular formula is C17H25N5OS. The van der Waals surface area contributed by atoms with Gasteiger partial charge in [-0.3, -0.25) is 19.0 Å². The molecular weight excluding hydrogens is 322 g/mol. The van der Waals surface area contributed by atoms with E-state index in [2.05, 4.69) is 50.0 Å². The second-order valence-electron chi connectivity index (χ2n) is 7.16. The van der Waals surface area contributed by atoms with E-state index in [4.69, 9.17) is 0 Å². The van der Waals surface area contributed by atoms with Crippen LogP contribution >= 0.6 is 11.3 Å². The van der Waals surface area contributed by atoms with E-state index in [-0.39, 0.29) is 11.4 Å². The van der Waals surface area contributed by atoms with Gasteiger partial charge in [0.25, 0.3) is 0 Å². The molecule has 4 rings (SSSR count). The lowest BCUT2D eigenvalue weighted by Gasteiger charge is -2.49. The number of carbonyl (C=O) groups is 1. The fourth-order valence-electron chi connectivity index (χ4n) is 4.16. The molecule has 0 aliphatic carbocycles. The van der Waals surface area contributed by atoms with Gasteiger partial charge in [0.15, 0.2) is 4.96 Å². The standard InChI is InChI=1S/C17H25N5OS/c1-13-14(22-9-10-24-16(22)19-13)11-21-8-7-20(2)17(12-21)4-3-15(23)18-6-5-17/h9-10H,3-8,11-12H2,1-2H3,(H,18,23)/t17-/m0/s1. The van der Waals surface area contributed by atoms with E-state index in [0.717, 1.165) is 56.2 Å². The normalized spacial score (nSPS) is 26.8. The average Bonchev–Trinajstić information content (AvgIpc) is 3.05. The fourth-order valence-corrected chi connectivity index (χ4v) is 4.94. The number of thiazole rings is 1. The van der Waals surface area contributed by atoms with Gasteiger partial charge in [0.1, 0.15) is 0 Å². The number of nitrogens with one attached hydrogen (secondary N) is 1. The SMILES string of the molecule is Cc1nc2sccn2c1CN1CCN(C)[C@@]2(CCNC(=O)CC2)C1. The number of hydrogen-bond donors (Lipinski definition) is 1. The van der Waals surface area contributed by atoms with Crippen LogP contribution in [0.3, 0.4) is 0 Å². The van der Waals surface area contributed by atoms with Gasteiger partial charge in [-0.05, 0) is 26.8 Å². The van der Waals surface area contributed by atoms with E-state index >= 15 is 0 Å². The summed E-state index contributed by atoms with van der Waals surface area (Å²) in [6.07, 6.45) is 4.74. The Morgan fingerprint density at radius 2 is 2.25 bits per heavy atom. The van der Waals surface area contributed by atoms with Crippen molar-refractivity contribution in [1.82, 2.24) is 24.5 Å². The van der Waals surface area contributed by atoms with E-state index in [1.54, 1.807) is 11.3 Å². The summed E-state index contributed by atoms with van der Waals surface area (Å²) in [6.45, 7) is 6.97. The summed E-state index contributed by atoms with van der Waals surface area (Å²) in [6, 6.07) is 0. The van der Waals surface area contributed by atoms with Crippen LogP contribution in [-0.4, -0.2) is 63.9 Å². The number of hydrogen-bond acceptors (Lipinski definition) is 5. The number of amides is 1. The molecule has 24 heavy (non-hydrogen) atoms. The third-order valence-corrected chi connectivity index (χ3v) is 6.50. The van der Waals surface area contributed by atoms with Crippen LogP contribution < -0.4 is 5.32 Å². The lowest BCUT2D eigenvalue weighted by Crippen LogP contribution is -2.60. The van der Waals surface area contributed by atoms with Crippen molar-refractivity contribution in [2.75, 3.05) is 33.2 Å². The molecule has 2 fully saturated rings. The molecule has 2 aliphatic heterocycles. The molecule has 2 aromatic heterocycles. The minimum atomic E-state index is 0.115. The monoisotopic (exact) mass is 347 g/mol. The molecule has 1 atom stereocenters. The van der Waals surface area contributed by atoms with Crippen LogP contribution in [0.25, 0.3) is 4.96 Å². The van der Waals surface area contributed by atoms with Gasteiger partial charge in [0, 0.05) is 56.3 Å². The Labute approximate surface area is 146 Å². The largest absolute Gasteiger partial charge is 0.356 e. The van der Waals surface area contributed by atoms with Crippen molar-refractivity contribution in [1.29, 1.82) is 0 Å². The first kappa shape index (κ1) is 16.1. The zero-order valence-corrected chi connectivity index (χ0v) is 15.2. The number of rotatable bonds is 2. The maximum absolute atomic E-state index is 11.8. The second-order valence-corrected chi connectivity index (χ2v) is 8.03. The second kappa shape index (κ2) is 6.13. The van der Waals surface area contributed by atoms with Crippen LogP contribution in [-0.2, 0) is 11.3 Å². The highest BCUT2D eigenvalue weighted by Crippen LogP contribution is 2.31. The zero-order chi connectivity index (χ0) is 16.7. The van der Waals surface area contributed by atoms with Gasteiger partial charge in [0.05, 0.1) is 11.4 Å². The van der Waals surface area contributed by atoms with Gasteiger partial charge in [0.2, 0.25) is 5.91 Å². The Morgan fingerprint density at radius 3 is 3.12 bits per heavy atom. The maximum Gasteiger partial charge on any atom is 0.220 e. The first-order valence-corrected chi connectivity index (χ1v) is 9.57. The molecule has 6 nitrogen and oxygen atoms in total. The summed E-state index contributed by atoms with van der Waals surface area (Å²) in [5.41, 5.74) is 2.55. The van der Waals surface area contributed by atoms with Crippen LogP contribution in [0.1, 0.15) is 30.7 Å². The Kier molecular flexibility index (Phi) is 4.10. The van der Waals surface area contributed by atoms with Crippen molar-refractivity contribution >= 4 is 22.2 Å². The van der Waals surface area contributed by atoms with E-state index < -0.39 is 0 Å². The predicted molar refractivity (Wildman–Crippen MR) is 95.3 cm³/mol. The highest BCUT2D eigenvalue weighted by atomic mass is 32.1. The third-order valence-electron chi connectivity index (χ3n) is 5.74. The van der Waals surface area contributed by atoms with Gasteiger partial charge in [-0.25, -0.2) is 4.98 Å². The van der Waals surface area contributed by atoms with Crippen molar-refractivity contribution in [3.05, 3.63) is 23.0 Å². The molecule has 4 heterocycles. The molecule has 130 valence electrons. The molecule has 2 aliphatic rings. The molecule has 1 spiro atoms. The number of fused-ring (bicyclic) bond motifs is 1. The van der Waals surface area contributed by atoms with Crippen LogP contribution in [0.4, 0.5) is 0 Å². The summed E-state index contributed by atoms with van der Waals surface area (Å²) >= 11 is 1.69. The number of aryl methyl sites for hydroxylation is 1. The summed E-state index contributed by atoms with van der Waals surface area (Å²) in [7, 11) is 2.22. The van der Waals surface area contributed by atoms with Crippen molar-refractivity contribution in [3.8, 4) is 0 Å². The molecule has 2 saturated heterocycles. The van der Waals surface area contributed by atoms with Crippen molar-refractivity contribution < 1.29 is 4.79 Å². The molecule has 1 amide bonds. The quantitative estimate of drug-likeness (QED) is 0.894. The van der Waals surface area contributed by atoms with E-state index in [0.29, 0.717) is 6.42 Å². The lowest BCUT2D eigenvalue weighted by atomic mass is 9.86. The number of imidazole rings is 1. The van der Waals surface area contributed by atoms with Gasteiger partial charge >= 0.3 is 0 Å². The Balaban J connectivity index is 1.55. The molecule has 0 radical (unpaired) electrons. The highest BCUT2D eigenvalue weighted by Gasteiger charge is 2.41. The topological polar surface area (TPSA) is 52.9 Å². The number of piperazine rings is 1. The molecule has 1 N–H and O–H groups in total. The molecule has 7 heteroatoms. The molecule has 0 bridgehead atoms. The Morgan fingerprint density at radius 1 is 1.38 bits per heavy atom. The number of likely N-dealkylation sites (N-methyl/N-ethyl adjacent to an activating group) is 1. The van der Waals surface area contributed by atoms with E-state index in [9.17, 15) is 4.79 Å². The number of carbonyl (C=O) groups excluding carboxylic acids is 1. The first-order chi connectivity index (χ1) is 11.6. The van der Waals surface area contributed by atoms with Crippen molar-refractivity contribution in [2.24, 2.45) is 0 Å². The molecule has 0 saturated carbocycles.